The van der Waals surface area contributed by atoms with Crippen LogP contribution in [0.3, 0.4) is 0 Å². The molecule has 1 unspecified atom stereocenters. The van der Waals surface area contributed by atoms with Gasteiger partial charge in [0.2, 0.25) is 6.79 Å². The molecule has 5 N–H and O–H groups in total. The summed E-state index contributed by atoms with van der Waals surface area (Å²) in [4.78, 5) is 11.3. The number of phenols is 1. The number of hydrogen-bond donors (Lipinski definition) is 4. The van der Waals surface area contributed by atoms with Gasteiger partial charge in [0, 0.05) is 6.54 Å². The number of primary amides is 1. The van der Waals surface area contributed by atoms with Crippen LogP contribution in [0.25, 0.3) is 0 Å². The topological polar surface area (TPSA) is 114 Å². The first-order chi connectivity index (χ1) is 13.0. The van der Waals surface area contributed by atoms with Crippen LogP contribution in [0.4, 0.5) is 0 Å². The Labute approximate surface area is 157 Å². The van der Waals surface area contributed by atoms with Crippen molar-refractivity contribution >= 4 is 5.91 Å². The summed E-state index contributed by atoms with van der Waals surface area (Å²) in [7, 11) is 0. The van der Waals surface area contributed by atoms with Crippen LogP contribution in [0.5, 0.6) is 17.2 Å². The van der Waals surface area contributed by atoms with E-state index < -0.39 is 12.0 Å². The Morgan fingerprint density at radius 3 is 2.70 bits per heavy atom. The third-order valence-corrected chi connectivity index (χ3v) is 4.73. The van der Waals surface area contributed by atoms with Gasteiger partial charge in [-0.25, -0.2) is 0 Å². The Hall–Kier alpha value is -2.77. The lowest BCUT2D eigenvalue weighted by Crippen LogP contribution is -2.23. The first kappa shape index (κ1) is 19.0. The maximum absolute atomic E-state index is 11.3. The van der Waals surface area contributed by atoms with Gasteiger partial charge in [0.1, 0.15) is 5.75 Å². The summed E-state index contributed by atoms with van der Waals surface area (Å²) in [6.45, 7) is 3.44. The number of fused-ring (bicyclic) bond motifs is 1. The molecule has 0 saturated heterocycles. The zero-order valence-corrected chi connectivity index (χ0v) is 15.1. The molecule has 7 heteroatoms. The van der Waals surface area contributed by atoms with Crippen LogP contribution in [0, 0.1) is 0 Å². The Bertz CT molecular complexity index is 824. The lowest BCUT2D eigenvalue weighted by molar-refractivity contribution is 0.0997. The third-order valence-electron chi connectivity index (χ3n) is 4.73. The van der Waals surface area contributed by atoms with Crippen molar-refractivity contribution in [2.24, 2.45) is 5.73 Å². The van der Waals surface area contributed by atoms with Crippen LogP contribution in [0.2, 0.25) is 0 Å². The molecular weight excluding hydrogens is 348 g/mol. The lowest BCUT2D eigenvalue weighted by atomic mass is 9.97. The summed E-state index contributed by atoms with van der Waals surface area (Å²) in [6, 6.07) is 10.3. The average molecular weight is 372 g/mol. The Morgan fingerprint density at radius 2 is 1.93 bits per heavy atom. The van der Waals surface area contributed by atoms with Crippen molar-refractivity contribution < 1.29 is 24.5 Å². The zero-order chi connectivity index (χ0) is 19.4. The number of amides is 1. The first-order valence-electron chi connectivity index (χ1n) is 8.86. The van der Waals surface area contributed by atoms with Crippen molar-refractivity contribution in [1.82, 2.24) is 5.32 Å². The van der Waals surface area contributed by atoms with E-state index in [0.29, 0.717) is 24.6 Å². The van der Waals surface area contributed by atoms with E-state index in [0.717, 1.165) is 17.9 Å². The fourth-order valence-corrected chi connectivity index (χ4v) is 3.02. The highest BCUT2D eigenvalue weighted by Gasteiger charge is 2.16. The molecule has 1 heterocycles. The molecule has 0 aromatic heterocycles. The van der Waals surface area contributed by atoms with E-state index in [1.807, 2.05) is 18.2 Å². The molecule has 1 aliphatic heterocycles. The second kappa shape index (κ2) is 8.28. The van der Waals surface area contributed by atoms with Gasteiger partial charge in [-0.3, -0.25) is 4.79 Å². The molecule has 1 aliphatic rings. The van der Waals surface area contributed by atoms with E-state index in [-0.39, 0.29) is 18.1 Å². The van der Waals surface area contributed by atoms with Gasteiger partial charge in [-0.2, -0.15) is 0 Å². The van der Waals surface area contributed by atoms with E-state index in [4.69, 9.17) is 15.2 Å². The number of carbonyl (C=O) groups excluding carboxylic acids is 1. The number of hydrogen-bond acceptors (Lipinski definition) is 6. The predicted octanol–water partition coefficient (Wildman–Crippen LogP) is 2.04. The SMILES string of the molecule is C[C@@H](CCNCC(O)c1ccc(O)c(C(N)=O)c1)c1ccc2c(c1)OCO2. The maximum atomic E-state index is 11.3. The molecule has 2 aromatic carbocycles. The van der Waals surface area contributed by atoms with Gasteiger partial charge in [-0.1, -0.05) is 19.1 Å². The molecule has 144 valence electrons. The number of aromatic hydroxyl groups is 1. The summed E-state index contributed by atoms with van der Waals surface area (Å²) in [5.41, 5.74) is 6.92. The van der Waals surface area contributed by atoms with Gasteiger partial charge in [-0.05, 0) is 54.3 Å². The summed E-state index contributed by atoms with van der Waals surface area (Å²) >= 11 is 0. The molecule has 1 amide bonds. The van der Waals surface area contributed by atoms with E-state index in [2.05, 4.69) is 12.2 Å². The molecule has 3 rings (SSSR count). The van der Waals surface area contributed by atoms with Gasteiger partial charge in [0.15, 0.2) is 11.5 Å². The Balaban J connectivity index is 1.48. The minimum Gasteiger partial charge on any atom is -0.507 e. The summed E-state index contributed by atoms with van der Waals surface area (Å²) in [6.07, 6.45) is 0.0821. The van der Waals surface area contributed by atoms with Gasteiger partial charge < -0.3 is 30.7 Å². The van der Waals surface area contributed by atoms with Crippen LogP contribution in [0.1, 0.15) is 46.9 Å². The van der Waals surface area contributed by atoms with Gasteiger partial charge >= 0.3 is 0 Å². The van der Waals surface area contributed by atoms with Gasteiger partial charge in [-0.15, -0.1) is 0 Å². The van der Waals surface area contributed by atoms with Crippen molar-refractivity contribution in [3.05, 3.63) is 53.1 Å². The van der Waals surface area contributed by atoms with Gasteiger partial charge in [0.25, 0.3) is 5.91 Å². The fourth-order valence-electron chi connectivity index (χ4n) is 3.02. The summed E-state index contributed by atoms with van der Waals surface area (Å²) in [5, 5.41) is 23.1. The molecule has 27 heavy (non-hydrogen) atoms. The quantitative estimate of drug-likeness (QED) is 0.527. The number of benzene rings is 2. The number of carbonyl (C=O) groups is 1. The molecule has 0 radical (unpaired) electrons. The van der Waals surface area contributed by atoms with Crippen molar-refractivity contribution in [3.8, 4) is 17.2 Å². The zero-order valence-electron chi connectivity index (χ0n) is 15.1. The average Bonchev–Trinajstić information content (AvgIpc) is 3.12. The fraction of sp³-hybridized carbons (Fsp3) is 0.350. The predicted molar refractivity (Wildman–Crippen MR) is 100 cm³/mol. The van der Waals surface area contributed by atoms with Crippen LogP contribution in [-0.2, 0) is 0 Å². The van der Waals surface area contributed by atoms with E-state index in [1.54, 1.807) is 6.07 Å². The lowest BCUT2D eigenvalue weighted by Gasteiger charge is -2.16. The Morgan fingerprint density at radius 1 is 1.19 bits per heavy atom. The molecule has 7 nitrogen and oxygen atoms in total. The van der Waals surface area contributed by atoms with Crippen LogP contribution in [-0.4, -0.2) is 36.0 Å². The van der Waals surface area contributed by atoms with Crippen molar-refractivity contribution in [2.75, 3.05) is 19.9 Å². The van der Waals surface area contributed by atoms with Crippen molar-refractivity contribution in [3.63, 3.8) is 0 Å². The number of aliphatic hydroxyl groups is 1. The molecule has 0 fully saturated rings. The highest BCUT2D eigenvalue weighted by atomic mass is 16.7. The smallest absolute Gasteiger partial charge is 0.252 e. The van der Waals surface area contributed by atoms with Crippen LogP contribution in [0.15, 0.2) is 36.4 Å². The normalized spacial score (nSPS) is 14.7. The molecule has 0 spiro atoms. The number of nitrogens with two attached hydrogens (primary N) is 1. The minimum absolute atomic E-state index is 0.00276. The largest absolute Gasteiger partial charge is 0.507 e. The molecular formula is C20H24N2O5. The van der Waals surface area contributed by atoms with E-state index in [1.165, 1.54) is 17.7 Å². The second-order valence-corrected chi connectivity index (χ2v) is 6.66. The van der Waals surface area contributed by atoms with Crippen LogP contribution >= 0.6 is 0 Å². The minimum atomic E-state index is -0.801. The van der Waals surface area contributed by atoms with Crippen molar-refractivity contribution in [1.29, 1.82) is 0 Å². The van der Waals surface area contributed by atoms with Gasteiger partial charge in [0.05, 0.1) is 11.7 Å². The van der Waals surface area contributed by atoms with Crippen molar-refractivity contribution in [2.45, 2.75) is 25.4 Å². The monoisotopic (exact) mass is 372 g/mol. The number of aliphatic hydroxyl groups excluding tert-OH is 1. The number of nitrogens with one attached hydrogen (secondary N) is 1. The molecule has 2 aromatic rings. The maximum Gasteiger partial charge on any atom is 0.252 e. The van der Waals surface area contributed by atoms with E-state index >= 15 is 0 Å². The molecule has 0 bridgehead atoms. The number of ether oxygens (including phenoxy) is 2. The first-order valence-corrected chi connectivity index (χ1v) is 8.86. The molecule has 0 saturated carbocycles. The summed E-state index contributed by atoms with van der Waals surface area (Å²) < 4.78 is 10.7. The highest BCUT2D eigenvalue weighted by Crippen LogP contribution is 2.35. The van der Waals surface area contributed by atoms with Crippen LogP contribution < -0.4 is 20.5 Å². The highest BCUT2D eigenvalue weighted by molar-refractivity contribution is 5.95. The van der Waals surface area contributed by atoms with E-state index in [9.17, 15) is 15.0 Å². The Kier molecular flexibility index (Phi) is 5.83. The third kappa shape index (κ3) is 4.50. The second-order valence-electron chi connectivity index (χ2n) is 6.66. The number of rotatable bonds is 8. The summed E-state index contributed by atoms with van der Waals surface area (Å²) in [5.74, 6) is 0.951. The standard InChI is InChI=1S/C20H24N2O5/c1-12(13-3-5-18-19(9-13)27-11-26-18)6-7-22-10-17(24)14-2-4-16(23)15(8-14)20(21)25/h2-5,8-9,12,17,22-24H,6-7,10-11H2,1H3,(H2,21,25)/t12-,17?/m0/s1. The molecule has 2 atom stereocenters. The molecule has 0 aliphatic carbocycles.